The molecule has 5 heteroatoms. The fourth-order valence-corrected chi connectivity index (χ4v) is 1.39. The van der Waals surface area contributed by atoms with Crippen LogP contribution >= 0.6 is 11.6 Å². The van der Waals surface area contributed by atoms with E-state index in [-0.39, 0.29) is 12.9 Å². The highest BCUT2D eigenvalue weighted by Crippen LogP contribution is 2.29. The Morgan fingerprint density at radius 1 is 1.44 bits per heavy atom. The maximum atomic E-state index is 6.00. The Labute approximate surface area is 99.0 Å². The van der Waals surface area contributed by atoms with Crippen LogP contribution in [-0.4, -0.2) is 33.2 Å². The van der Waals surface area contributed by atoms with Gasteiger partial charge < -0.3 is 18.9 Å². The average molecular weight is 245 g/mol. The predicted octanol–water partition coefficient (Wildman–Crippen LogP) is 2.10. The monoisotopic (exact) mass is 244 g/mol. The minimum Gasteiger partial charge on any atom is -0.491 e. The molecular weight excluding hydrogens is 232 g/mol. The van der Waals surface area contributed by atoms with Crippen LogP contribution in [0.1, 0.15) is 0 Å². The molecule has 0 aliphatic carbocycles. The van der Waals surface area contributed by atoms with Gasteiger partial charge in [-0.2, -0.15) is 0 Å². The summed E-state index contributed by atoms with van der Waals surface area (Å²) >= 11 is 6.00. The maximum Gasteiger partial charge on any atom is 0.188 e. The molecule has 2 rings (SSSR count). The van der Waals surface area contributed by atoms with E-state index < -0.39 is 0 Å². The topological polar surface area (TPSA) is 40.2 Å². The molecule has 1 aromatic rings. The van der Waals surface area contributed by atoms with Crippen molar-refractivity contribution in [1.29, 1.82) is 0 Å². The number of methoxy groups -OCH3 is 1. The van der Waals surface area contributed by atoms with Crippen LogP contribution in [0.25, 0.3) is 0 Å². The zero-order valence-electron chi connectivity index (χ0n) is 8.94. The number of hydrogen-bond acceptors (Lipinski definition) is 4. The van der Waals surface area contributed by atoms with Gasteiger partial charge in [0.05, 0.1) is 11.6 Å². The summed E-state index contributed by atoms with van der Waals surface area (Å²) in [7, 11) is 1.56. The lowest BCUT2D eigenvalue weighted by molar-refractivity contribution is 0.0511. The standard InChI is InChI=1S/C11H13ClO4/c1-13-7-16-11-3-2-8(4-10(11)12)14-5-9-6-15-9/h2-4,9H,5-7H2,1H3. The van der Waals surface area contributed by atoms with Gasteiger partial charge in [-0.25, -0.2) is 0 Å². The molecule has 1 fully saturated rings. The zero-order chi connectivity index (χ0) is 11.4. The van der Waals surface area contributed by atoms with Gasteiger partial charge in [0.15, 0.2) is 6.79 Å². The van der Waals surface area contributed by atoms with Crippen molar-refractivity contribution in [2.45, 2.75) is 6.10 Å². The van der Waals surface area contributed by atoms with Gasteiger partial charge in [-0.3, -0.25) is 0 Å². The molecule has 0 spiro atoms. The van der Waals surface area contributed by atoms with Gasteiger partial charge in [0.1, 0.15) is 24.2 Å². The Morgan fingerprint density at radius 2 is 2.25 bits per heavy atom. The molecule has 0 radical (unpaired) electrons. The Bertz CT molecular complexity index is 352. The molecule has 0 saturated carbocycles. The molecule has 1 aromatic carbocycles. The molecule has 4 nitrogen and oxygen atoms in total. The summed E-state index contributed by atoms with van der Waals surface area (Å²) in [6, 6.07) is 5.28. The molecule has 16 heavy (non-hydrogen) atoms. The molecule has 1 atom stereocenters. The average Bonchev–Trinajstić information content (AvgIpc) is 3.09. The fourth-order valence-electron chi connectivity index (χ4n) is 1.16. The first-order valence-corrected chi connectivity index (χ1v) is 5.33. The summed E-state index contributed by atoms with van der Waals surface area (Å²) in [6.07, 6.45) is 0.239. The van der Waals surface area contributed by atoms with E-state index in [2.05, 4.69) is 0 Å². The second-order valence-corrected chi connectivity index (χ2v) is 3.82. The molecule has 0 bridgehead atoms. The van der Waals surface area contributed by atoms with Crippen LogP contribution < -0.4 is 9.47 Å². The third-order valence-corrected chi connectivity index (χ3v) is 2.37. The Kier molecular flexibility index (Phi) is 3.88. The fraction of sp³-hybridized carbons (Fsp3) is 0.455. The minimum absolute atomic E-state index is 0.176. The van der Waals surface area contributed by atoms with Crippen molar-refractivity contribution in [3.8, 4) is 11.5 Å². The molecule has 0 aromatic heterocycles. The summed E-state index contributed by atoms with van der Waals surface area (Å²) in [5, 5.41) is 0.506. The molecule has 0 amide bonds. The lowest BCUT2D eigenvalue weighted by Gasteiger charge is -2.09. The number of rotatable bonds is 6. The van der Waals surface area contributed by atoms with Crippen LogP contribution in [0.3, 0.4) is 0 Å². The first-order valence-electron chi connectivity index (χ1n) is 4.95. The number of epoxide rings is 1. The Hall–Kier alpha value is -0.970. The van der Waals surface area contributed by atoms with E-state index >= 15 is 0 Å². The SMILES string of the molecule is COCOc1ccc(OCC2CO2)cc1Cl. The van der Waals surface area contributed by atoms with Crippen LogP contribution in [0.2, 0.25) is 5.02 Å². The van der Waals surface area contributed by atoms with E-state index in [0.29, 0.717) is 23.1 Å². The maximum absolute atomic E-state index is 6.00. The van der Waals surface area contributed by atoms with Crippen molar-refractivity contribution in [3.05, 3.63) is 23.2 Å². The normalized spacial score (nSPS) is 18.2. The molecule has 1 unspecified atom stereocenters. The van der Waals surface area contributed by atoms with E-state index in [4.69, 9.17) is 30.5 Å². The van der Waals surface area contributed by atoms with E-state index in [1.54, 1.807) is 25.3 Å². The summed E-state index contributed by atoms with van der Waals surface area (Å²) in [5.41, 5.74) is 0. The van der Waals surface area contributed by atoms with Gasteiger partial charge in [0, 0.05) is 13.2 Å². The first-order chi connectivity index (χ1) is 7.79. The Balaban J connectivity index is 1.91. The van der Waals surface area contributed by atoms with Crippen LogP contribution in [0, 0.1) is 0 Å². The summed E-state index contributed by atoms with van der Waals surface area (Å²) in [6.45, 7) is 1.52. The van der Waals surface area contributed by atoms with Crippen LogP contribution in [-0.2, 0) is 9.47 Å². The van der Waals surface area contributed by atoms with Gasteiger partial charge in [0.2, 0.25) is 0 Å². The number of halogens is 1. The van der Waals surface area contributed by atoms with E-state index in [1.165, 1.54) is 0 Å². The minimum atomic E-state index is 0.176. The Morgan fingerprint density at radius 3 is 2.88 bits per heavy atom. The molecule has 88 valence electrons. The van der Waals surface area contributed by atoms with Crippen molar-refractivity contribution in [1.82, 2.24) is 0 Å². The van der Waals surface area contributed by atoms with Gasteiger partial charge in [-0.1, -0.05) is 11.6 Å². The lowest BCUT2D eigenvalue weighted by atomic mass is 10.3. The highest BCUT2D eigenvalue weighted by atomic mass is 35.5. The number of benzene rings is 1. The quantitative estimate of drug-likeness (QED) is 0.568. The molecule has 1 aliphatic heterocycles. The van der Waals surface area contributed by atoms with Crippen LogP contribution in [0.15, 0.2) is 18.2 Å². The highest BCUT2D eigenvalue weighted by molar-refractivity contribution is 6.32. The van der Waals surface area contributed by atoms with Crippen molar-refractivity contribution in [2.75, 3.05) is 27.1 Å². The van der Waals surface area contributed by atoms with Gasteiger partial charge in [-0.15, -0.1) is 0 Å². The van der Waals surface area contributed by atoms with Crippen molar-refractivity contribution >= 4 is 11.6 Å². The summed E-state index contributed by atoms with van der Waals surface area (Å²) in [4.78, 5) is 0. The van der Waals surface area contributed by atoms with Crippen LogP contribution in [0.4, 0.5) is 0 Å². The second kappa shape index (κ2) is 5.39. The molecular formula is C11H13ClO4. The molecule has 1 aliphatic rings. The highest BCUT2D eigenvalue weighted by Gasteiger charge is 2.23. The summed E-state index contributed by atoms with van der Waals surface area (Å²) < 4.78 is 20.5. The van der Waals surface area contributed by atoms with Gasteiger partial charge in [-0.05, 0) is 12.1 Å². The van der Waals surface area contributed by atoms with Crippen molar-refractivity contribution in [3.63, 3.8) is 0 Å². The van der Waals surface area contributed by atoms with E-state index in [0.717, 1.165) is 6.61 Å². The first kappa shape index (κ1) is 11.5. The van der Waals surface area contributed by atoms with Crippen molar-refractivity contribution in [2.24, 2.45) is 0 Å². The third kappa shape index (κ3) is 3.27. The van der Waals surface area contributed by atoms with Gasteiger partial charge in [0.25, 0.3) is 0 Å². The number of hydrogen-bond donors (Lipinski definition) is 0. The zero-order valence-corrected chi connectivity index (χ0v) is 9.70. The largest absolute Gasteiger partial charge is 0.491 e. The smallest absolute Gasteiger partial charge is 0.188 e. The summed E-state index contributed by atoms with van der Waals surface area (Å²) in [5.74, 6) is 1.30. The molecule has 0 N–H and O–H groups in total. The van der Waals surface area contributed by atoms with E-state index in [9.17, 15) is 0 Å². The third-order valence-electron chi connectivity index (χ3n) is 2.07. The lowest BCUT2D eigenvalue weighted by Crippen LogP contribution is -2.04. The van der Waals surface area contributed by atoms with E-state index in [1.807, 2.05) is 0 Å². The van der Waals surface area contributed by atoms with Gasteiger partial charge >= 0.3 is 0 Å². The number of ether oxygens (including phenoxy) is 4. The predicted molar refractivity (Wildman–Crippen MR) is 59.2 cm³/mol. The second-order valence-electron chi connectivity index (χ2n) is 3.41. The molecule has 1 heterocycles. The van der Waals surface area contributed by atoms with Crippen molar-refractivity contribution < 1.29 is 18.9 Å². The van der Waals surface area contributed by atoms with Crippen LogP contribution in [0.5, 0.6) is 11.5 Å². The molecule has 1 saturated heterocycles.